The standard InChI is InChI=1S/C16H18FNS/c1-12-16-11-14(17)5-4-13(16)6-8-18(12)9-7-15-3-2-10-19-15/h2-5,10-12H,6-9H2,1H3. The Hall–Kier alpha value is -1.19. The van der Waals surface area contributed by atoms with E-state index in [1.54, 1.807) is 12.1 Å². The van der Waals surface area contributed by atoms with Gasteiger partial charge < -0.3 is 0 Å². The summed E-state index contributed by atoms with van der Waals surface area (Å²) in [6, 6.07) is 9.83. The molecule has 3 heteroatoms. The highest BCUT2D eigenvalue weighted by Gasteiger charge is 2.23. The first-order valence-corrected chi connectivity index (χ1v) is 7.67. The predicted octanol–water partition coefficient (Wildman–Crippen LogP) is 4.05. The summed E-state index contributed by atoms with van der Waals surface area (Å²) in [5.74, 6) is -0.120. The summed E-state index contributed by atoms with van der Waals surface area (Å²) in [7, 11) is 0. The maximum absolute atomic E-state index is 13.4. The van der Waals surface area contributed by atoms with Crippen LogP contribution < -0.4 is 0 Å². The topological polar surface area (TPSA) is 3.24 Å². The molecule has 1 atom stereocenters. The molecule has 0 aliphatic carbocycles. The summed E-state index contributed by atoms with van der Waals surface area (Å²) in [5.41, 5.74) is 2.47. The van der Waals surface area contributed by atoms with Gasteiger partial charge in [0.1, 0.15) is 5.82 Å². The molecule has 0 N–H and O–H groups in total. The smallest absolute Gasteiger partial charge is 0.123 e. The Morgan fingerprint density at radius 3 is 3.05 bits per heavy atom. The molecule has 1 unspecified atom stereocenters. The van der Waals surface area contributed by atoms with Crippen molar-refractivity contribution < 1.29 is 4.39 Å². The van der Waals surface area contributed by atoms with Crippen LogP contribution in [0.1, 0.15) is 29.0 Å². The molecule has 2 heterocycles. The number of fused-ring (bicyclic) bond motifs is 1. The zero-order chi connectivity index (χ0) is 13.2. The van der Waals surface area contributed by atoms with Crippen LogP contribution in [0.4, 0.5) is 4.39 Å². The lowest BCUT2D eigenvalue weighted by Crippen LogP contribution is -2.35. The molecule has 0 spiro atoms. The van der Waals surface area contributed by atoms with Gasteiger partial charge in [-0.2, -0.15) is 0 Å². The molecule has 0 bridgehead atoms. The van der Waals surface area contributed by atoms with E-state index in [-0.39, 0.29) is 5.82 Å². The monoisotopic (exact) mass is 275 g/mol. The molecule has 0 saturated carbocycles. The number of halogens is 1. The van der Waals surface area contributed by atoms with Crippen molar-refractivity contribution in [2.24, 2.45) is 0 Å². The van der Waals surface area contributed by atoms with Gasteiger partial charge in [0.25, 0.3) is 0 Å². The molecule has 1 nitrogen and oxygen atoms in total. The quantitative estimate of drug-likeness (QED) is 0.817. The van der Waals surface area contributed by atoms with Gasteiger partial charge in [0.05, 0.1) is 0 Å². The number of nitrogens with zero attached hydrogens (tertiary/aromatic N) is 1. The number of thiophene rings is 1. The summed E-state index contributed by atoms with van der Waals surface area (Å²) < 4.78 is 13.4. The van der Waals surface area contributed by atoms with E-state index in [0.29, 0.717) is 6.04 Å². The van der Waals surface area contributed by atoms with Gasteiger partial charge in [0, 0.05) is 24.0 Å². The SMILES string of the molecule is CC1c2cc(F)ccc2CCN1CCc1cccs1. The molecule has 0 amide bonds. The van der Waals surface area contributed by atoms with Crippen molar-refractivity contribution in [3.8, 4) is 0 Å². The summed E-state index contributed by atoms with van der Waals surface area (Å²) >= 11 is 1.81. The number of hydrogen-bond donors (Lipinski definition) is 0. The van der Waals surface area contributed by atoms with Crippen LogP contribution in [0.2, 0.25) is 0 Å². The van der Waals surface area contributed by atoms with Gasteiger partial charge in [-0.05, 0) is 54.5 Å². The maximum atomic E-state index is 13.4. The third kappa shape index (κ3) is 2.72. The maximum Gasteiger partial charge on any atom is 0.123 e. The second kappa shape index (κ2) is 5.43. The van der Waals surface area contributed by atoms with Gasteiger partial charge in [-0.15, -0.1) is 11.3 Å². The summed E-state index contributed by atoms with van der Waals surface area (Å²) in [4.78, 5) is 3.89. The molecule has 0 fully saturated rings. The van der Waals surface area contributed by atoms with Crippen LogP contribution in [-0.4, -0.2) is 18.0 Å². The fraction of sp³-hybridized carbons (Fsp3) is 0.375. The highest BCUT2D eigenvalue weighted by molar-refractivity contribution is 7.09. The van der Waals surface area contributed by atoms with Crippen molar-refractivity contribution in [2.75, 3.05) is 13.1 Å². The van der Waals surface area contributed by atoms with Gasteiger partial charge in [-0.1, -0.05) is 12.1 Å². The lowest BCUT2D eigenvalue weighted by Gasteiger charge is -2.35. The Morgan fingerprint density at radius 1 is 1.37 bits per heavy atom. The molecule has 1 aromatic carbocycles. The first-order valence-electron chi connectivity index (χ1n) is 6.79. The minimum absolute atomic E-state index is 0.120. The second-order valence-electron chi connectivity index (χ2n) is 5.13. The van der Waals surface area contributed by atoms with E-state index in [4.69, 9.17) is 0 Å². The molecule has 100 valence electrons. The van der Waals surface area contributed by atoms with E-state index in [9.17, 15) is 4.39 Å². The Kier molecular flexibility index (Phi) is 3.67. The minimum Gasteiger partial charge on any atom is -0.296 e. The van der Waals surface area contributed by atoms with E-state index in [0.717, 1.165) is 31.5 Å². The van der Waals surface area contributed by atoms with Gasteiger partial charge >= 0.3 is 0 Å². The average Bonchev–Trinajstić information content (AvgIpc) is 2.92. The normalized spacial score (nSPS) is 19.4. The minimum atomic E-state index is -0.120. The van der Waals surface area contributed by atoms with Gasteiger partial charge in [0.15, 0.2) is 0 Å². The molecule has 1 aliphatic rings. The van der Waals surface area contributed by atoms with Gasteiger partial charge in [-0.3, -0.25) is 4.90 Å². The average molecular weight is 275 g/mol. The summed E-state index contributed by atoms with van der Waals surface area (Å²) in [6.07, 6.45) is 2.12. The molecule has 1 aliphatic heterocycles. The Balaban J connectivity index is 1.72. The van der Waals surface area contributed by atoms with E-state index in [1.165, 1.54) is 10.4 Å². The molecule has 1 aromatic heterocycles. The van der Waals surface area contributed by atoms with E-state index in [2.05, 4.69) is 29.3 Å². The number of benzene rings is 1. The fourth-order valence-corrected chi connectivity index (χ4v) is 3.55. The Morgan fingerprint density at radius 2 is 2.26 bits per heavy atom. The van der Waals surface area contributed by atoms with Gasteiger partial charge in [-0.25, -0.2) is 4.39 Å². The third-order valence-corrected chi connectivity index (χ3v) is 4.94. The predicted molar refractivity (Wildman–Crippen MR) is 78.1 cm³/mol. The van der Waals surface area contributed by atoms with Crippen LogP contribution in [0.15, 0.2) is 35.7 Å². The zero-order valence-electron chi connectivity index (χ0n) is 11.1. The first kappa shape index (κ1) is 12.8. The van der Waals surface area contributed by atoms with Crippen LogP contribution >= 0.6 is 11.3 Å². The van der Waals surface area contributed by atoms with E-state index in [1.807, 2.05) is 17.4 Å². The van der Waals surface area contributed by atoms with Gasteiger partial charge in [0.2, 0.25) is 0 Å². The largest absolute Gasteiger partial charge is 0.296 e. The van der Waals surface area contributed by atoms with Crippen molar-refractivity contribution in [3.63, 3.8) is 0 Å². The fourth-order valence-electron chi connectivity index (χ4n) is 2.85. The molecule has 2 aromatic rings. The number of rotatable bonds is 3. The van der Waals surface area contributed by atoms with E-state index < -0.39 is 0 Å². The lowest BCUT2D eigenvalue weighted by atomic mass is 9.93. The molecule has 3 rings (SSSR count). The van der Waals surface area contributed by atoms with Crippen LogP contribution in [0.5, 0.6) is 0 Å². The van der Waals surface area contributed by atoms with Crippen LogP contribution in [0.25, 0.3) is 0 Å². The Labute approximate surface area is 117 Å². The van der Waals surface area contributed by atoms with Crippen LogP contribution in [-0.2, 0) is 12.8 Å². The zero-order valence-corrected chi connectivity index (χ0v) is 11.9. The third-order valence-electron chi connectivity index (χ3n) is 4.00. The molecular formula is C16H18FNS. The first-order chi connectivity index (χ1) is 9.24. The summed E-state index contributed by atoms with van der Waals surface area (Å²) in [6.45, 7) is 4.31. The summed E-state index contributed by atoms with van der Waals surface area (Å²) in [5, 5.41) is 2.12. The lowest BCUT2D eigenvalue weighted by molar-refractivity contribution is 0.201. The van der Waals surface area contributed by atoms with Crippen molar-refractivity contribution in [2.45, 2.75) is 25.8 Å². The molecule has 0 saturated heterocycles. The molecule has 0 radical (unpaired) electrons. The van der Waals surface area contributed by atoms with Crippen molar-refractivity contribution in [1.29, 1.82) is 0 Å². The van der Waals surface area contributed by atoms with E-state index >= 15 is 0 Å². The Bertz CT molecular complexity index is 550. The van der Waals surface area contributed by atoms with Crippen molar-refractivity contribution in [1.82, 2.24) is 4.90 Å². The number of hydrogen-bond acceptors (Lipinski definition) is 2. The van der Waals surface area contributed by atoms with Crippen molar-refractivity contribution in [3.05, 3.63) is 57.5 Å². The highest BCUT2D eigenvalue weighted by Crippen LogP contribution is 2.30. The van der Waals surface area contributed by atoms with Crippen molar-refractivity contribution >= 4 is 11.3 Å². The molecule has 19 heavy (non-hydrogen) atoms. The molecular weight excluding hydrogens is 257 g/mol. The van der Waals surface area contributed by atoms with Crippen LogP contribution in [0, 0.1) is 5.82 Å². The highest BCUT2D eigenvalue weighted by atomic mass is 32.1. The second-order valence-corrected chi connectivity index (χ2v) is 6.17. The van der Waals surface area contributed by atoms with Crippen LogP contribution in [0.3, 0.4) is 0 Å².